The topological polar surface area (TPSA) is 90.4 Å². The number of benzene rings is 2. The van der Waals surface area contributed by atoms with E-state index in [9.17, 15) is 8.42 Å². The van der Waals surface area contributed by atoms with Gasteiger partial charge in [0.25, 0.3) is 0 Å². The Hall–Kier alpha value is -2.77. The van der Waals surface area contributed by atoms with Crippen LogP contribution in [0.4, 0.5) is 11.4 Å². The van der Waals surface area contributed by atoms with Gasteiger partial charge < -0.3 is 0 Å². The van der Waals surface area contributed by atoms with Gasteiger partial charge in [-0.25, -0.2) is 8.42 Å². The number of aryl methyl sites for hydroxylation is 2. The summed E-state index contributed by atoms with van der Waals surface area (Å²) in [6, 6.07) is 6.07. The Balaban J connectivity index is 2.46. The van der Waals surface area contributed by atoms with Gasteiger partial charge >= 0.3 is 11.4 Å². The molecular weight excluding hydrogens is 288 g/mol. The van der Waals surface area contributed by atoms with E-state index in [4.69, 9.17) is 10.8 Å². The summed E-state index contributed by atoms with van der Waals surface area (Å²) in [6.07, 6.45) is 0. The lowest BCUT2D eigenvalue weighted by molar-refractivity contribution is 0.599. The summed E-state index contributed by atoms with van der Waals surface area (Å²) in [5.41, 5.74) is 2.92. The first-order chi connectivity index (χ1) is 9.90. The first-order valence-electron chi connectivity index (χ1n) is 6.15. The predicted molar refractivity (Wildman–Crippen MR) is 76.3 cm³/mol. The van der Waals surface area contributed by atoms with Crippen LogP contribution in [0.3, 0.4) is 0 Å². The minimum atomic E-state index is -3.71. The zero-order valence-corrected chi connectivity index (χ0v) is 12.1. The lowest BCUT2D eigenvalue weighted by Crippen LogP contribution is -1.96. The van der Waals surface area contributed by atoms with Crippen LogP contribution in [0.2, 0.25) is 0 Å². The summed E-state index contributed by atoms with van der Waals surface area (Å²) in [4.78, 5) is 6.41. The molecule has 0 atom stereocenters. The Bertz CT molecular complexity index is 920. The Kier molecular flexibility index (Phi) is 2.59. The quantitative estimate of drug-likeness (QED) is 0.584. The van der Waals surface area contributed by atoms with Crippen molar-refractivity contribution >= 4 is 21.2 Å². The van der Waals surface area contributed by atoms with E-state index in [0.717, 1.165) is 0 Å². The zero-order chi connectivity index (χ0) is 15.4. The van der Waals surface area contributed by atoms with E-state index in [1.54, 1.807) is 26.0 Å². The normalized spacial score (nSPS) is 13.9. The monoisotopic (exact) mass is 298 g/mol. The molecule has 1 aliphatic rings. The number of hydrogen-bond acceptors (Lipinski definition) is 4. The maximum atomic E-state index is 12.6. The maximum absolute atomic E-state index is 12.6. The molecule has 0 bridgehead atoms. The Morgan fingerprint density at radius 1 is 0.810 bits per heavy atom. The number of diazo groups is 2. The van der Waals surface area contributed by atoms with Crippen molar-refractivity contribution in [2.45, 2.75) is 23.6 Å². The van der Waals surface area contributed by atoms with Crippen LogP contribution in [0.15, 0.2) is 34.1 Å². The van der Waals surface area contributed by atoms with Gasteiger partial charge in [0.1, 0.15) is 0 Å². The van der Waals surface area contributed by atoms with Crippen molar-refractivity contribution in [2.75, 3.05) is 0 Å². The Morgan fingerprint density at radius 3 is 1.52 bits per heavy atom. The molecule has 7 heteroatoms. The van der Waals surface area contributed by atoms with Crippen molar-refractivity contribution in [1.82, 2.24) is 0 Å². The average Bonchev–Trinajstić information content (AvgIpc) is 2.65. The van der Waals surface area contributed by atoms with Gasteiger partial charge in [-0.1, -0.05) is 0 Å². The average molecular weight is 298 g/mol. The highest BCUT2D eigenvalue weighted by molar-refractivity contribution is 7.92. The molecule has 1 heterocycles. The van der Waals surface area contributed by atoms with Crippen molar-refractivity contribution in [3.63, 3.8) is 0 Å². The molecule has 6 nitrogen and oxygen atoms in total. The van der Waals surface area contributed by atoms with Gasteiger partial charge in [0.15, 0.2) is 9.95 Å². The van der Waals surface area contributed by atoms with Crippen LogP contribution >= 0.6 is 0 Å². The summed E-state index contributed by atoms with van der Waals surface area (Å²) in [5, 5.41) is 17.9. The molecule has 0 unspecified atom stereocenters. The molecule has 0 fully saturated rings. The number of hydrogen-bond donors (Lipinski definition) is 0. The molecule has 2 aromatic rings. The second-order valence-electron chi connectivity index (χ2n) is 4.97. The molecule has 0 radical (unpaired) electrons. The highest BCUT2D eigenvalue weighted by Gasteiger charge is 2.37. The van der Waals surface area contributed by atoms with Gasteiger partial charge in [0, 0.05) is 22.3 Å². The second kappa shape index (κ2) is 4.11. The molecule has 3 rings (SSSR count). The van der Waals surface area contributed by atoms with Crippen molar-refractivity contribution in [3.8, 4) is 11.1 Å². The fourth-order valence-corrected chi connectivity index (χ4v) is 4.24. The smallest absolute Gasteiger partial charge is 0.218 e. The number of sulfone groups is 1. The van der Waals surface area contributed by atoms with Crippen LogP contribution in [0.5, 0.6) is 0 Å². The van der Waals surface area contributed by atoms with Crippen LogP contribution < -0.4 is 0 Å². The minimum absolute atomic E-state index is 0.102. The van der Waals surface area contributed by atoms with E-state index in [1.807, 2.05) is 0 Å². The van der Waals surface area contributed by atoms with E-state index in [2.05, 4.69) is 9.95 Å². The first kappa shape index (κ1) is 13.2. The maximum Gasteiger partial charge on any atom is 0.389 e. The summed E-state index contributed by atoms with van der Waals surface area (Å²) in [7, 11) is -3.71. The highest BCUT2D eigenvalue weighted by atomic mass is 32.2. The molecule has 0 aliphatic carbocycles. The van der Waals surface area contributed by atoms with Gasteiger partial charge in [-0.15, -0.1) is 0 Å². The van der Waals surface area contributed by atoms with Crippen LogP contribution in [-0.4, -0.2) is 8.42 Å². The summed E-state index contributed by atoms with van der Waals surface area (Å²) >= 11 is 0. The van der Waals surface area contributed by atoms with Crippen LogP contribution in [0.1, 0.15) is 11.1 Å². The van der Waals surface area contributed by atoms with Gasteiger partial charge in [-0.3, -0.25) is 0 Å². The molecule has 0 saturated heterocycles. The number of fused-ring (bicyclic) bond motifs is 3. The predicted octanol–water partition coefficient (Wildman–Crippen LogP) is 4.09. The Labute approximate surface area is 121 Å². The van der Waals surface area contributed by atoms with Crippen LogP contribution in [-0.2, 0) is 9.84 Å². The van der Waals surface area contributed by atoms with Gasteiger partial charge in [-0.05, 0) is 26.0 Å². The van der Waals surface area contributed by atoms with Gasteiger partial charge in [0.05, 0.1) is 21.9 Å². The van der Waals surface area contributed by atoms with Crippen LogP contribution in [0, 0.1) is 24.6 Å². The van der Waals surface area contributed by atoms with E-state index in [1.165, 1.54) is 12.1 Å². The van der Waals surface area contributed by atoms with Crippen molar-refractivity contribution in [3.05, 3.63) is 45.3 Å². The van der Waals surface area contributed by atoms with E-state index in [0.29, 0.717) is 22.3 Å². The standard InChI is InChI=1S/C14H10N4O2S/c1-7-3-9-10-4-8(2)12(18-16)6-14(10)21(19,20)13(9)5-11(7)17-15/h3-6H,1-2H3/q+2. The molecule has 1 aliphatic heterocycles. The molecule has 0 spiro atoms. The van der Waals surface area contributed by atoms with Crippen molar-refractivity contribution in [1.29, 1.82) is 10.8 Å². The van der Waals surface area contributed by atoms with Crippen LogP contribution in [0.25, 0.3) is 21.1 Å². The second-order valence-corrected chi connectivity index (χ2v) is 6.86. The molecule has 0 saturated carbocycles. The third-order valence-electron chi connectivity index (χ3n) is 3.68. The summed E-state index contributed by atoms with van der Waals surface area (Å²) in [5.74, 6) is 0. The highest BCUT2D eigenvalue weighted by Crippen LogP contribution is 2.47. The lowest BCUT2D eigenvalue weighted by atomic mass is 10.0. The minimum Gasteiger partial charge on any atom is -0.218 e. The molecule has 21 heavy (non-hydrogen) atoms. The van der Waals surface area contributed by atoms with Crippen molar-refractivity contribution in [2.24, 2.45) is 0 Å². The molecule has 0 N–H and O–H groups in total. The SMILES string of the molecule is Cc1cc2c(cc1[N+]#N)S(=O)(=O)c1cc([N+]#N)c(C)cc1-2. The largest absolute Gasteiger partial charge is 0.389 e. The fourth-order valence-electron chi connectivity index (χ4n) is 2.55. The molecule has 0 aromatic heterocycles. The molecule has 102 valence electrons. The number of nitrogens with zero attached hydrogens (tertiary/aromatic N) is 4. The Morgan fingerprint density at radius 2 is 1.19 bits per heavy atom. The molecule has 0 amide bonds. The zero-order valence-electron chi connectivity index (χ0n) is 11.3. The van der Waals surface area contributed by atoms with E-state index >= 15 is 0 Å². The number of rotatable bonds is 0. The fraction of sp³-hybridized carbons (Fsp3) is 0.143. The van der Waals surface area contributed by atoms with Crippen molar-refractivity contribution < 1.29 is 8.42 Å². The first-order valence-corrected chi connectivity index (χ1v) is 7.63. The molecular formula is C14H10N4O2S+2. The van der Waals surface area contributed by atoms with E-state index < -0.39 is 9.84 Å². The lowest BCUT2D eigenvalue weighted by Gasteiger charge is -1.99. The summed E-state index contributed by atoms with van der Waals surface area (Å²) < 4.78 is 25.2. The van der Waals surface area contributed by atoms with Gasteiger partial charge in [0.2, 0.25) is 20.6 Å². The third-order valence-corrected chi connectivity index (χ3v) is 5.51. The summed E-state index contributed by atoms with van der Waals surface area (Å²) in [6.45, 7) is 3.48. The third kappa shape index (κ3) is 1.65. The van der Waals surface area contributed by atoms with E-state index in [-0.39, 0.29) is 21.2 Å². The van der Waals surface area contributed by atoms with Gasteiger partial charge in [-0.2, -0.15) is 0 Å². The molecule has 2 aromatic carbocycles.